The Kier molecular flexibility index (Phi) is 7.35. The minimum absolute atomic E-state index is 0.0834. The first-order valence-corrected chi connectivity index (χ1v) is 8.82. The molecule has 1 unspecified atom stereocenters. The van der Waals surface area contributed by atoms with Crippen LogP contribution in [0.2, 0.25) is 0 Å². The third-order valence-electron chi connectivity index (χ3n) is 5.09. The molecule has 0 aromatic heterocycles. The van der Waals surface area contributed by atoms with Gasteiger partial charge in [0.05, 0.1) is 0 Å². The van der Waals surface area contributed by atoms with E-state index in [1.54, 1.807) is 0 Å². The fourth-order valence-electron chi connectivity index (χ4n) is 2.92. The molecule has 0 aliphatic carbocycles. The van der Waals surface area contributed by atoms with E-state index in [-0.39, 0.29) is 12.1 Å². The van der Waals surface area contributed by atoms with E-state index >= 15 is 0 Å². The van der Waals surface area contributed by atoms with Crippen molar-refractivity contribution in [3.63, 3.8) is 0 Å². The van der Waals surface area contributed by atoms with Crippen LogP contribution in [0.5, 0.6) is 0 Å². The Labute approximate surface area is 185 Å². The quantitative estimate of drug-likeness (QED) is 0.299. The highest BCUT2D eigenvalue weighted by atomic mass is 19.4. The van der Waals surface area contributed by atoms with Crippen molar-refractivity contribution < 1.29 is 74.6 Å². The summed E-state index contributed by atoms with van der Waals surface area (Å²) in [7, 11) is 0. The van der Waals surface area contributed by atoms with Crippen LogP contribution in [0.4, 0.5) is 74.6 Å². The Hall–Kier alpha value is -1.97. The van der Waals surface area contributed by atoms with Crippen LogP contribution in [0, 0.1) is 13.8 Å². The minimum Gasteiger partial charge on any atom is -0.237 e. The van der Waals surface area contributed by atoms with Gasteiger partial charge >= 0.3 is 42.0 Å². The van der Waals surface area contributed by atoms with E-state index in [4.69, 9.17) is 0 Å². The van der Waals surface area contributed by atoms with Crippen molar-refractivity contribution in [3.8, 4) is 0 Å². The van der Waals surface area contributed by atoms with Crippen LogP contribution in [-0.2, 0) is 12.3 Å². The normalized spacial score (nSPS) is 16.9. The molecule has 0 amide bonds. The topological polar surface area (TPSA) is 0 Å². The van der Waals surface area contributed by atoms with E-state index in [1.807, 2.05) is 0 Å². The summed E-state index contributed by atoms with van der Waals surface area (Å²) in [6.07, 6.45) is -16.1. The maximum Gasteiger partial charge on any atom is 0.460 e. The molecule has 0 saturated heterocycles. The maximum atomic E-state index is 14.5. The first kappa shape index (κ1) is 31.1. The molecular weight excluding hydrogens is 539 g/mol. The van der Waals surface area contributed by atoms with Gasteiger partial charge in [0, 0.05) is 12.0 Å². The second kappa shape index (κ2) is 8.28. The Morgan fingerprint density at radius 1 is 0.514 bits per heavy atom. The van der Waals surface area contributed by atoms with Crippen molar-refractivity contribution >= 4 is 0 Å². The van der Waals surface area contributed by atoms with Gasteiger partial charge in [-0.3, -0.25) is 0 Å². The van der Waals surface area contributed by atoms with Gasteiger partial charge in [-0.25, -0.2) is 4.39 Å². The number of hydrogen-bond donors (Lipinski definition) is 0. The van der Waals surface area contributed by atoms with Crippen molar-refractivity contribution in [1.82, 2.24) is 0 Å². The lowest BCUT2D eigenvalue weighted by atomic mass is 9.84. The fraction of sp³-hybridized carbons (Fsp3) is 0.667. The first-order valence-electron chi connectivity index (χ1n) is 8.82. The second-order valence-corrected chi connectivity index (χ2v) is 7.84. The average molecular weight is 552 g/mol. The largest absolute Gasteiger partial charge is 0.460 e. The minimum atomic E-state index is -7.27. The molecular formula is C18H13F17. The SMILES string of the molecule is Cc1cc(C(F)(F)C(F)(F)C(F)(F)C(F)(F)F)c(C)cc1CC(C)(F)C(F)(F)C(F)(F)C(F)(F)F. The van der Waals surface area contributed by atoms with Gasteiger partial charge in [0.15, 0.2) is 5.67 Å². The molecule has 204 valence electrons. The fourth-order valence-corrected chi connectivity index (χ4v) is 2.92. The molecule has 1 atom stereocenters. The highest BCUT2D eigenvalue weighted by Gasteiger charge is 2.82. The van der Waals surface area contributed by atoms with Crippen LogP contribution in [0.3, 0.4) is 0 Å². The maximum absolute atomic E-state index is 14.5. The van der Waals surface area contributed by atoms with Gasteiger partial charge in [-0.05, 0) is 43.5 Å². The molecule has 0 bridgehead atoms. The van der Waals surface area contributed by atoms with Gasteiger partial charge in [0.1, 0.15) is 0 Å². The van der Waals surface area contributed by atoms with Gasteiger partial charge in [-0.2, -0.15) is 70.2 Å². The van der Waals surface area contributed by atoms with E-state index in [2.05, 4.69) is 0 Å². The summed E-state index contributed by atoms with van der Waals surface area (Å²) in [4.78, 5) is 0. The molecule has 1 aromatic carbocycles. The van der Waals surface area contributed by atoms with Gasteiger partial charge in [-0.1, -0.05) is 6.07 Å². The number of rotatable bonds is 7. The predicted molar refractivity (Wildman–Crippen MR) is 84.9 cm³/mol. The van der Waals surface area contributed by atoms with Crippen LogP contribution < -0.4 is 0 Å². The Morgan fingerprint density at radius 2 is 0.886 bits per heavy atom. The van der Waals surface area contributed by atoms with E-state index in [9.17, 15) is 74.6 Å². The summed E-state index contributed by atoms with van der Waals surface area (Å²) in [5.41, 5.74) is -10.3. The van der Waals surface area contributed by atoms with Crippen LogP contribution in [0.1, 0.15) is 29.2 Å². The van der Waals surface area contributed by atoms with Crippen molar-refractivity contribution in [1.29, 1.82) is 0 Å². The summed E-state index contributed by atoms with van der Waals surface area (Å²) in [5.74, 6) is -34.0. The van der Waals surface area contributed by atoms with Crippen LogP contribution >= 0.6 is 0 Å². The molecule has 0 nitrogen and oxygen atoms in total. The van der Waals surface area contributed by atoms with Crippen molar-refractivity contribution in [2.24, 2.45) is 0 Å². The summed E-state index contributed by atoms with van der Waals surface area (Å²) in [5, 5.41) is 0. The third kappa shape index (κ3) is 4.62. The van der Waals surface area contributed by atoms with Crippen LogP contribution in [-0.4, -0.2) is 41.7 Å². The summed E-state index contributed by atoms with van der Waals surface area (Å²) < 4.78 is 224. The van der Waals surface area contributed by atoms with Crippen LogP contribution in [0.25, 0.3) is 0 Å². The molecule has 17 heteroatoms. The molecule has 0 heterocycles. The molecule has 0 aliphatic rings. The van der Waals surface area contributed by atoms with Gasteiger partial charge in [-0.15, -0.1) is 0 Å². The molecule has 0 radical (unpaired) electrons. The summed E-state index contributed by atoms with van der Waals surface area (Å²) in [6.45, 7) is 0.499. The second-order valence-electron chi connectivity index (χ2n) is 7.84. The summed E-state index contributed by atoms with van der Waals surface area (Å²) >= 11 is 0. The number of halogens is 17. The highest BCUT2D eigenvalue weighted by molar-refractivity contribution is 5.42. The molecule has 1 rings (SSSR count). The van der Waals surface area contributed by atoms with Crippen molar-refractivity contribution in [2.45, 2.75) is 74.8 Å². The molecule has 0 spiro atoms. The monoisotopic (exact) mass is 552 g/mol. The summed E-state index contributed by atoms with van der Waals surface area (Å²) in [6, 6.07) is -0.138. The number of hydrogen-bond acceptors (Lipinski definition) is 0. The lowest BCUT2D eigenvalue weighted by Gasteiger charge is -2.37. The zero-order chi connectivity index (χ0) is 28.4. The number of aryl methyl sites for hydroxylation is 2. The van der Waals surface area contributed by atoms with E-state index in [0.29, 0.717) is 13.8 Å². The Bertz CT molecular complexity index is 934. The molecule has 1 aromatic rings. The Balaban J connectivity index is 3.58. The molecule has 0 fully saturated rings. The number of benzene rings is 1. The lowest BCUT2D eigenvalue weighted by Crippen LogP contribution is -2.62. The Morgan fingerprint density at radius 3 is 1.26 bits per heavy atom. The first-order chi connectivity index (χ1) is 15.0. The third-order valence-corrected chi connectivity index (χ3v) is 5.09. The molecule has 35 heavy (non-hydrogen) atoms. The highest BCUT2D eigenvalue weighted by Crippen LogP contribution is 2.57. The van der Waals surface area contributed by atoms with E-state index < -0.39 is 83.2 Å². The zero-order valence-electron chi connectivity index (χ0n) is 17.3. The standard InChI is InChI=1S/C18H13F17/c1-7-5-10(12(20,21)14(24,25)16(28,29)18(33,34)35)8(2)4-9(7)6-11(3,19)13(22,23)15(26,27)17(30,31)32/h4-5H,6H2,1-3H3. The molecule has 0 saturated carbocycles. The van der Waals surface area contributed by atoms with Gasteiger partial charge < -0.3 is 0 Å². The van der Waals surface area contributed by atoms with Gasteiger partial charge in [0.25, 0.3) is 0 Å². The molecule has 0 N–H and O–H groups in total. The van der Waals surface area contributed by atoms with Crippen molar-refractivity contribution in [3.05, 3.63) is 34.4 Å². The number of alkyl halides is 17. The average Bonchev–Trinajstić information content (AvgIpc) is 2.61. The lowest BCUT2D eigenvalue weighted by molar-refractivity contribution is -0.399. The van der Waals surface area contributed by atoms with Gasteiger partial charge in [0.2, 0.25) is 0 Å². The smallest absolute Gasteiger partial charge is 0.237 e. The van der Waals surface area contributed by atoms with E-state index in [0.717, 1.165) is 0 Å². The molecule has 0 aliphatic heterocycles. The predicted octanol–water partition coefficient (Wildman–Crippen LogP) is 8.33. The zero-order valence-corrected chi connectivity index (χ0v) is 17.3. The van der Waals surface area contributed by atoms with E-state index in [1.165, 1.54) is 0 Å². The van der Waals surface area contributed by atoms with Crippen LogP contribution in [0.15, 0.2) is 12.1 Å². The van der Waals surface area contributed by atoms with Crippen molar-refractivity contribution in [2.75, 3.05) is 0 Å².